The first-order valence-electron chi connectivity index (χ1n) is 13.3. The fraction of sp³-hybridized carbons (Fsp3) is 0.567. The number of aryl methyl sites for hydroxylation is 1. The topological polar surface area (TPSA) is 77.0 Å². The second kappa shape index (κ2) is 11.0. The predicted octanol–water partition coefficient (Wildman–Crippen LogP) is 6.79. The molecule has 2 N–H and O–H groups in total. The Labute approximate surface area is 219 Å². The SMILES string of the molecule is COc1c(C)c(C)cc(-c2ccc(NC3(C(=O)O)CCC(C)(OC)CC3)cc2COC2CCCC2)c1F. The van der Waals surface area contributed by atoms with Crippen LogP contribution in [0.2, 0.25) is 0 Å². The summed E-state index contributed by atoms with van der Waals surface area (Å²) in [5, 5.41) is 13.5. The molecule has 2 saturated carbocycles. The Morgan fingerprint density at radius 3 is 2.35 bits per heavy atom. The molecule has 2 fully saturated rings. The van der Waals surface area contributed by atoms with Crippen molar-refractivity contribution < 1.29 is 28.5 Å². The minimum Gasteiger partial charge on any atom is -0.493 e. The molecule has 0 atom stereocenters. The molecule has 0 amide bonds. The summed E-state index contributed by atoms with van der Waals surface area (Å²) in [5.74, 6) is -1.03. The number of halogens is 1. The van der Waals surface area contributed by atoms with Gasteiger partial charge in [0.2, 0.25) is 0 Å². The lowest BCUT2D eigenvalue weighted by Crippen LogP contribution is -2.52. The number of anilines is 1. The smallest absolute Gasteiger partial charge is 0.329 e. The molecule has 2 aliphatic carbocycles. The number of carboxylic acid groups (broad SMARTS) is 1. The van der Waals surface area contributed by atoms with E-state index in [1.165, 1.54) is 7.11 Å². The molecule has 202 valence electrons. The van der Waals surface area contributed by atoms with E-state index in [1.807, 2.05) is 45.0 Å². The molecule has 0 heterocycles. The lowest BCUT2D eigenvalue weighted by atomic mass is 9.74. The van der Waals surface area contributed by atoms with E-state index in [2.05, 4.69) is 5.32 Å². The van der Waals surface area contributed by atoms with Crippen LogP contribution in [0, 0.1) is 19.7 Å². The quantitative estimate of drug-likeness (QED) is 0.384. The summed E-state index contributed by atoms with van der Waals surface area (Å²) < 4.78 is 32.9. The molecule has 0 unspecified atom stereocenters. The Balaban J connectivity index is 1.70. The summed E-state index contributed by atoms with van der Waals surface area (Å²) in [6.45, 7) is 6.14. The third kappa shape index (κ3) is 5.63. The van der Waals surface area contributed by atoms with Crippen molar-refractivity contribution in [3.63, 3.8) is 0 Å². The van der Waals surface area contributed by atoms with E-state index in [0.717, 1.165) is 47.9 Å². The van der Waals surface area contributed by atoms with E-state index in [-0.39, 0.29) is 17.5 Å². The molecule has 0 spiro atoms. The van der Waals surface area contributed by atoms with Crippen molar-refractivity contribution in [3.8, 4) is 16.9 Å². The number of rotatable bonds is 9. The number of ether oxygens (including phenoxy) is 3. The molecule has 37 heavy (non-hydrogen) atoms. The molecule has 2 aliphatic rings. The summed E-state index contributed by atoms with van der Waals surface area (Å²) in [6.07, 6.45) is 6.75. The standard InChI is InChI=1S/C30H40FNO5/c1-19-16-25(26(31)27(35-4)20(19)2)24-11-10-22(17-21(24)18-37-23-8-6-7-9-23)32-30(28(33)34)14-12-29(3,36-5)13-15-30/h10-11,16-17,23,32H,6-9,12-15,18H2,1-5H3,(H,33,34). The zero-order valence-corrected chi connectivity index (χ0v) is 22.7. The lowest BCUT2D eigenvalue weighted by molar-refractivity contribution is -0.146. The normalized spacial score (nSPS) is 24.3. The maximum absolute atomic E-state index is 15.6. The van der Waals surface area contributed by atoms with Gasteiger partial charge in [-0.2, -0.15) is 0 Å². The molecule has 2 aromatic carbocycles. The average Bonchev–Trinajstić information content (AvgIpc) is 3.41. The fourth-order valence-corrected chi connectivity index (χ4v) is 5.69. The van der Waals surface area contributed by atoms with Crippen molar-refractivity contribution in [1.29, 1.82) is 0 Å². The van der Waals surface area contributed by atoms with E-state index >= 15 is 4.39 Å². The van der Waals surface area contributed by atoms with Crippen LogP contribution in [0.5, 0.6) is 5.75 Å². The number of nitrogens with one attached hydrogen (secondary N) is 1. The Kier molecular flexibility index (Phi) is 8.14. The van der Waals surface area contributed by atoms with E-state index in [4.69, 9.17) is 14.2 Å². The highest BCUT2D eigenvalue weighted by Crippen LogP contribution is 2.41. The van der Waals surface area contributed by atoms with Crippen molar-refractivity contribution in [2.24, 2.45) is 0 Å². The molecule has 6 nitrogen and oxygen atoms in total. The first-order valence-corrected chi connectivity index (χ1v) is 13.3. The highest BCUT2D eigenvalue weighted by molar-refractivity contribution is 5.83. The molecular weight excluding hydrogens is 473 g/mol. The van der Waals surface area contributed by atoms with Gasteiger partial charge in [0.15, 0.2) is 11.6 Å². The summed E-state index contributed by atoms with van der Waals surface area (Å²) >= 11 is 0. The van der Waals surface area contributed by atoms with Gasteiger partial charge >= 0.3 is 5.97 Å². The second-order valence-corrected chi connectivity index (χ2v) is 11.0. The highest BCUT2D eigenvalue weighted by atomic mass is 19.1. The van der Waals surface area contributed by atoms with Crippen LogP contribution in [0.15, 0.2) is 24.3 Å². The third-order valence-corrected chi connectivity index (χ3v) is 8.55. The summed E-state index contributed by atoms with van der Waals surface area (Å²) in [6, 6.07) is 7.46. The Morgan fingerprint density at radius 1 is 1.08 bits per heavy atom. The fourth-order valence-electron chi connectivity index (χ4n) is 5.69. The zero-order chi connectivity index (χ0) is 26.8. The van der Waals surface area contributed by atoms with Crippen LogP contribution >= 0.6 is 0 Å². The summed E-state index contributed by atoms with van der Waals surface area (Å²) in [7, 11) is 3.16. The number of benzene rings is 2. The molecule has 2 aromatic rings. The number of methoxy groups -OCH3 is 2. The number of hydrogen-bond acceptors (Lipinski definition) is 5. The van der Waals surface area contributed by atoms with Crippen molar-refractivity contribution in [1.82, 2.24) is 0 Å². The number of aliphatic carboxylic acids is 1. The van der Waals surface area contributed by atoms with Crippen LogP contribution in [0.1, 0.15) is 75.0 Å². The van der Waals surface area contributed by atoms with E-state index < -0.39 is 17.3 Å². The molecule has 0 radical (unpaired) electrons. The molecule has 7 heteroatoms. The zero-order valence-electron chi connectivity index (χ0n) is 22.7. The third-order valence-electron chi connectivity index (χ3n) is 8.55. The van der Waals surface area contributed by atoms with Gasteiger partial charge in [0.1, 0.15) is 5.54 Å². The van der Waals surface area contributed by atoms with Crippen LogP contribution in [0.4, 0.5) is 10.1 Å². The Bertz CT molecular complexity index is 1130. The van der Waals surface area contributed by atoms with Crippen molar-refractivity contribution in [3.05, 3.63) is 46.8 Å². The van der Waals surface area contributed by atoms with Crippen molar-refractivity contribution >= 4 is 11.7 Å². The van der Waals surface area contributed by atoms with Crippen LogP contribution in [-0.2, 0) is 20.9 Å². The van der Waals surface area contributed by atoms with Gasteiger partial charge < -0.3 is 24.6 Å². The molecule has 0 aromatic heterocycles. The van der Waals surface area contributed by atoms with E-state index in [0.29, 0.717) is 43.5 Å². The van der Waals surface area contributed by atoms with E-state index in [1.54, 1.807) is 7.11 Å². The van der Waals surface area contributed by atoms with Crippen LogP contribution < -0.4 is 10.1 Å². The summed E-state index contributed by atoms with van der Waals surface area (Å²) in [4.78, 5) is 12.4. The first kappa shape index (κ1) is 27.4. The monoisotopic (exact) mass is 513 g/mol. The van der Waals surface area contributed by atoms with Gasteiger partial charge in [0.05, 0.1) is 25.4 Å². The summed E-state index contributed by atoms with van der Waals surface area (Å²) in [5.41, 5.74) is 3.00. The number of hydrogen-bond donors (Lipinski definition) is 2. The molecule has 0 bridgehead atoms. The average molecular weight is 514 g/mol. The highest BCUT2D eigenvalue weighted by Gasteiger charge is 2.46. The number of carboxylic acids is 1. The first-order chi connectivity index (χ1) is 17.6. The van der Waals surface area contributed by atoms with Gasteiger partial charge in [0, 0.05) is 18.4 Å². The van der Waals surface area contributed by atoms with Gasteiger partial charge in [0.25, 0.3) is 0 Å². The Hall–Kier alpha value is -2.64. The Morgan fingerprint density at radius 2 is 1.76 bits per heavy atom. The minimum absolute atomic E-state index is 0.194. The van der Waals surface area contributed by atoms with Crippen LogP contribution in [-0.4, -0.2) is 42.5 Å². The van der Waals surface area contributed by atoms with Gasteiger partial charge in [-0.15, -0.1) is 0 Å². The largest absolute Gasteiger partial charge is 0.493 e. The van der Waals surface area contributed by atoms with Crippen LogP contribution in [0.3, 0.4) is 0 Å². The van der Waals surface area contributed by atoms with Crippen molar-refractivity contribution in [2.45, 2.75) is 96.0 Å². The van der Waals surface area contributed by atoms with Gasteiger partial charge in [-0.3, -0.25) is 0 Å². The van der Waals surface area contributed by atoms with Gasteiger partial charge in [-0.1, -0.05) is 18.9 Å². The molecule has 0 aliphatic heterocycles. The lowest BCUT2D eigenvalue weighted by Gasteiger charge is -2.42. The maximum atomic E-state index is 15.6. The van der Waals surface area contributed by atoms with Gasteiger partial charge in [-0.25, -0.2) is 9.18 Å². The molecule has 0 saturated heterocycles. The molecule has 4 rings (SSSR count). The number of carbonyl (C=O) groups is 1. The van der Waals surface area contributed by atoms with E-state index in [9.17, 15) is 9.90 Å². The van der Waals surface area contributed by atoms with Crippen LogP contribution in [0.25, 0.3) is 11.1 Å². The van der Waals surface area contributed by atoms with Crippen molar-refractivity contribution in [2.75, 3.05) is 19.5 Å². The minimum atomic E-state index is -1.09. The predicted molar refractivity (Wildman–Crippen MR) is 143 cm³/mol. The second-order valence-electron chi connectivity index (χ2n) is 11.0. The van der Waals surface area contributed by atoms with Gasteiger partial charge in [-0.05, 0) is 99.7 Å². The maximum Gasteiger partial charge on any atom is 0.329 e. The molecular formula is C30H40FNO5.